The summed E-state index contributed by atoms with van der Waals surface area (Å²) in [5, 5.41) is 0. The highest BCUT2D eigenvalue weighted by molar-refractivity contribution is 5.00. The van der Waals surface area contributed by atoms with E-state index in [0.717, 1.165) is 5.76 Å². The Labute approximate surface area is 64.9 Å². The second kappa shape index (κ2) is 2.68. The predicted molar refractivity (Wildman–Crippen MR) is 37.9 cm³/mol. The average Bonchev–Trinajstić information content (AvgIpc) is 2.55. The molecule has 2 atom stereocenters. The Balaban J connectivity index is 2.08. The third kappa shape index (κ3) is 1.29. The van der Waals surface area contributed by atoms with Crippen molar-refractivity contribution in [3.8, 4) is 0 Å². The minimum atomic E-state index is -0.292. The molecule has 2 rings (SSSR count). The molecule has 1 fully saturated rings. The van der Waals surface area contributed by atoms with Crippen LogP contribution in [0.3, 0.4) is 0 Å². The van der Waals surface area contributed by atoms with Crippen molar-refractivity contribution in [1.29, 1.82) is 0 Å². The van der Waals surface area contributed by atoms with Gasteiger partial charge in [0, 0.05) is 0 Å². The molecule has 0 unspecified atom stereocenters. The number of ether oxygens (including phenoxy) is 2. The first-order valence-electron chi connectivity index (χ1n) is 3.67. The Kier molecular flexibility index (Phi) is 1.68. The second-order valence-electron chi connectivity index (χ2n) is 2.63. The smallest absolute Gasteiger partial charge is 0.217 e. The maximum absolute atomic E-state index is 5.39. The third-order valence-electron chi connectivity index (χ3n) is 1.61. The van der Waals surface area contributed by atoms with Gasteiger partial charge >= 0.3 is 0 Å². The molecule has 0 spiro atoms. The molecule has 60 valence electrons. The van der Waals surface area contributed by atoms with Gasteiger partial charge < -0.3 is 13.9 Å². The van der Waals surface area contributed by atoms with Gasteiger partial charge in [-0.2, -0.15) is 0 Å². The largest absolute Gasteiger partial charge is 0.464 e. The monoisotopic (exact) mass is 154 g/mol. The molecule has 0 amide bonds. The summed E-state index contributed by atoms with van der Waals surface area (Å²) in [6.07, 6.45) is 1.50. The topological polar surface area (TPSA) is 31.6 Å². The standard InChI is InChI=1S/C8H10O3/c1-6-5-10-8(11-6)7-3-2-4-9-7/h2-4,6,8H,5H2,1H3/t6-,8+/m1/s1. The fourth-order valence-electron chi connectivity index (χ4n) is 1.09. The molecule has 2 heterocycles. The van der Waals surface area contributed by atoms with Crippen LogP contribution in [-0.4, -0.2) is 12.7 Å². The van der Waals surface area contributed by atoms with Crippen molar-refractivity contribution in [2.45, 2.75) is 19.3 Å². The molecule has 0 N–H and O–H groups in total. The molecule has 11 heavy (non-hydrogen) atoms. The van der Waals surface area contributed by atoms with Crippen LogP contribution in [0, 0.1) is 0 Å². The van der Waals surface area contributed by atoms with Gasteiger partial charge in [-0.1, -0.05) is 0 Å². The Bertz CT molecular complexity index is 217. The molecule has 1 saturated heterocycles. The van der Waals surface area contributed by atoms with Gasteiger partial charge in [-0.3, -0.25) is 0 Å². The SMILES string of the molecule is C[C@@H]1CO[C@H](c2ccco2)O1. The van der Waals surface area contributed by atoms with E-state index < -0.39 is 0 Å². The molecule has 1 aromatic heterocycles. The Morgan fingerprint density at radius 1 is 1.55 bits per heavy atom. The van der Waals surface area contributed by atoms with Crippen molar-refractivity contribution in [3.05, 3.63) is 24.2 Å². The molecule has 1 aromatic rings. The highest BCUT2D eigenvalue weighted by Crippen LogP contribution is 2.26. The molecule has 1 aliphatic rings. The molecule has 0 aromatic carbocycles. The molecule has 0 aliphatic carbocycles. The Hall–Kier alpha value is -0.800. The van der Waals surface area contributed by atoms with Gasteiger partial charge in [0.05, 0.1) is 19.0 Å². The van der Waals surface area contributed by atoms with E-state index in [9.17, 15) is 0 Å². The van der Waals surface area contributed by atoms with E-state index in [1.54, 1.807) is 6.26 Å². The van der Waals surface area contributed by atoms with Crippen molar-refractivity contribution in [3.63, 3.8) is 0 Å². The summed E-state index contributed by atoms with van der Waals surface area (Å²) in [5.74, 6) is 0.745. The number of hydrogen-bond acceptors (Lipinski definition) is 3. The zero-order valence-corrected chi connectivity index (χ0v) is 6.32. The van der Waals surface area contributed by atoms with Gasteiger partial charge in [-0.05, 0) is 19.1 Å². The summed E-state index contributed by atoms with van der Waals surface area (Å²) < 4.78 is 15.8. The van der Waals surface area contributed by atoms with E-state index >= 15 is 0 Å². The summed E-state index contributed by atoms with van der Waals surface area (Å²) in [7, 11) is 0. The predicted octanol–water partition coefficient (Wildman–Crippen LogP) is 1.71. The molecule has 3 nitrogen and oxygen atoms in total. The molecule has 3 heteroatoms. The minimum absolute atomic E-state index is 0.171. The van der Waals surface area contributed by atoms with Crippen LogP contribution in [0.25, 0.3) is 0 Å². The summed E-state index contributed by atoms with van der Waals surface area (Å²) in [6.45, 7) is 2.62. The maximum Gasteiger partial charge on any atom is 0.217 e. The van der Waals surface area contributed by atoms with Crippen LogP contribution in [0.15, 0.2) is 22.8 Å². The van der Waals surface area contributed by atoms with Crippen molar-refractivity contribution < 1.29 is 13.9 Å². The first-order chi connectivity index (χ1) is 5.36. The van der Waals surface area contributed by atoms with Gasteiger partial charge in [0.2, 0.25) is 6.29 Å². The zero-order chi connectivity index (χ0) is 7.68. The van der Waals surface area contributed by atoms with Gasteiger partial charge in [0.1, 0.15) is 0 Å². The van der Waals surface area contributed by atoms with Crippen molar-refractivity contribution in [2.75, 3.05) is 6.61 Å². The summed E-state index contributed by atoms with van der Waals surface area (Å²) in [4.78, 5) is 0. The van der Waals surface area contributed by atoms with E-state index in [1.807, 2.05) is 19.1 Å². The maximum atomic E-state index is 5.39. The summed E-state index contributed by atoms with van der Waals surface area (Å²) in [6, 6.07) is 3.67. The van der Waals surface area contributed by atoms with Crippen LogP contribution in [0.4, 0.5) is 0 Å². The lowest BCUT2D eigenvalue weighted by atomic mass is 10.4. The second-order valence-corrected chi connectivity index (χ2v) is 2.63. The number of rotatable bonds is 1. The van der Waals surface area contributed by atoms with Crippen molar-refractivity contribution in [2.24, 2.45) is 0 Å². The van der Waals surface area contributed by atoms with Crippen molar-refractivity contribution in [1.82, 2.24) is 0 Å². The molecule has 0 saturated carbocycles. The lowest BCUT2D eigenvalue weighted by Crippen LogP contribution is -2.01. The van der Waals surface area contributed by atoms with Crippen LogP contribution in [0.1, 0.15) is 19.0 Å². The number of hydrogen-bond donors (Lipinski definition) is 0. The van der Waals surface area contributed by atoms with E-state index in [1.165, 1.54) is 0 Å². The van der Waals surface area contributed by atoms with Crippen molar-refractivity contribution >= 4 is 0 Å². The summed E-state index contributed by atoms with van der Waals surface area (Å²) >= 11 is 0. The summed E-state index contributed by atoms with van der Waals surface area (Å²) in [5.41, 5.74) is 0. The van der Waals surface area contributed by atoms with E-state index in [2.05, 4.69) is 0 Å². The van der Waals surface area contributed by atoms with Gasteiger partial charge in [-0.25, -0.2) is 0 Å². The normalized spacial score (nSPS) is 31.0. The van der Waals surface area contributed by atoms with E-state index in [4.69, 9.17) is 13.9 Å². The Morgan fingerprint density at radius 2 is 2.45 bits per heavy atom. The molecule has 0 radical (unpaired) electrons. The fraction of sp³-hybridized carbons (Fsp3) is 0.500. The highest BCUT2D eigenvalue weighted by Gasteiger charge is 2.25. The van der Waals surface area contributed by atoms with E-state index in [0.29, 0.717) is 6.61 Å². The lowest BCUT2D eigenvalue weighted by Gasteiger charge is -2.04. The molecular weight excluding hydrogens is 144 g/mol. The van der Waals surface area contributed by atoms with Crippen LogP contribution in [0.2, 0.25) is 0 Å². The average molecular weight is 154 g/mol. The molecule has 0 bridgehead atoms. The van der Waals surface area contributed by atoms with Gasteiger partial charge in [0.15, 0.2) is 5.76 Å². The minimum Gasteiger partial charge on any atom is -0.464 e. The van der Waals surface area contributed by atoms with Crippen LogP contribution >= 0.6 is 0 Å². The fourth-order valence-corrected chi connectivity index (χ4v) is 1.09. The highest BCUT2D eigenvalue weighted by atomic mass is 16.7. The Morgan fingerprint density at radius 3 is 3.00 bits per heavy atom. The third-order valence-corrected chi connectivity index (χ3v) is 1.61. The van der Waals surface area contributed by atoms with Crippen LogP contribution < -0.4 is 0 Å². The first kappa shape index (κ1) is 6.88. The number of furan rings is 1. The van der Waals surface area contributed by atoms with Crippen LogP contribution in [0.5, 0.6) is 0 Å². The van der Waals surface area contributed by atoms with Crippen LogP contribution in [-0.2, 0) is 9.47 Å². The van der Waals surface area contributed by atoms with E-state index in [-0.39, 0.29) is 12.4 Å². The zero-order valence-electron chi connectivity index (χ0n) is 6.32. The van der Waals surface area contributed by atoms with Gasteiger partial charge in [0.25, 0.3) is 0 Å². The molecular formula is C8H10O3. The molecule has 1 aliphatic heterocycles. The quantitative estimate of drug-likeness (QED) is 0.617. The first-order valence-corrected chi connectivity index (χ1v) is 3.67. The van der Waals surface area contributed by atoms with Gasteiger partial charge in [-0.15, -0.1) is 0 Å². The lowest BCUT2D eigenvalue weighted by molar-refractivity contribution is -0.0711.